The van der Waals surface area contributed by atoms with Gasteiger partial charge in [0, 0.05) is 36.9 Å². The van der Waals surface area contributed by atoms with E-state index in [9.17, 15) is 5.26 Å². The third-order valence-electron chi connectivity index (χ3n) is 5.26. The summed E-state index contributed by atoms with van der Waals surface area (Å²) in [5, 5.41) is 16.6. The maximum atomic E-state index is 9.67. The summed E-state index contributed by atoms with van der Waals surface area (Å²) >= 11 is 0. The smallest absolute Gasteiger partial charge is 0.101 e. The number of rotatable bonds is 2. The molecular formula is C20H22N4. The maximum absolute atomic E-state index is 9.67. The number of nitriles is 1. The molecule has 2 heterocycles. The molecule has 1 saturated heterocycles. The standard InChI is InChI=1S/C20H22N4/c1-13-4-3-5-15(8-13)23-16-9-14(11-21)20-17(10-16)18-12-22-7-6-19(18)24(20)2/h3-5,8-10,18-19,22-23H,6-7,12H2,1-2H3/t18-,19-/m0/s1. The summed E-state index contributed by atoms with van der Waals surface area (Å²) in [5.41, 5.74) is 6.45. The van der Waals surface area contributed by atoms with Crippen LogP contribution in [-0.2, 0) is 0 Å². The first-order chi connectivity index (χ1) is 11.7. The van der Waals surface area contributed by atoms with Gasteiger partial charge in [-0.3, -0.25) is 0 Å². The lowest BCUT2D eigenvalue weighted by Gasteiger charge is -2.31. The first kappa shape index (κ1) is 15.0. The van der Waals surface area contributed by atoms with E-state index in [-0.39, 0.29) is 0 Å². The predicted octanol–water partition coefficient (Wildman–Crippen LogP) is 3.51. The van der Waals surface area contributed by atoms with Gasteiger partial charge in [0.25, 0.3) is 0 Å². The van der Waals surface area contributed by atoms with Gasteiger partial charge in [0.15, 0.2) is 0 Å². The fraction of sp³-hybridized carbons (Fsp3) is 0.350. The SMILES string of the molecule is Cc1cccc(Nc2cc(C#N)c3c(c2)[C@@H]2CNCC[C@@H]2N3C)c1. The average molecular weight is 318 g/mol. The van der Waals surface area contributed by atoms with E-state index in [1.165, 1.54) is 11.1 Å². The zero-order valence-electron chi connectivity index (χ0n) is 14.1. The van der Waals surface area contributed by atoms with Crippen molar-refractivity contribution in [1.82, 2.24) is 5.32 Å². The van der Waals surface area contributed by atoms with Crippen molar-refractivity contribution in [2.45, 2.75) is 25.3 Å². The van der Waals surface area contributed by atoms with E-state index in [0.717, 1.165) is 42.1 Å². The van der Waals surface area contributed by atoms with Crippen LogP contribution >= 0.6 is 0 Å². The Hall–Kier alpha value is -2.51. The topological polar surface area (TPSA) is 51.1 Å². The summed E-state index contributed by atoms with van der Waals surface area (Å²) in [6, 6.07) is 15.4. The summed E-state index contributed by atoms with van der Waals surface area (Å²) in [6.45, 7) is 4.12. The van der Waals surface area contributed by atoms with Crippen molar-refractivity contribution in [2.24, 2.45) is 0 Å². The number of aryl methyl sites for hydroxylation is 1. The summed E-state index contributed by atoms with van der Waals surface area (Å²) in [6.07, 6.45) is 1.13. The predicted molar refractivity (Wildman–Crippen MR) is 98.0 cm³/mol. The van der Waals surface area contributed by atoms with Gasteiger partial charge in [-0.1, -0.05) is 12.1 Å². The van der Waals surface area contributed by atoms with Crippen molar-refractivity contribution in [3.05, 3.63) is 53.1 Å². The van der Waals surface area contributed by atoms with Crippen LogP contribution in [0, 0.1) is 18.3 Å². The molecule has 4 nitrogen and oxygen atoms in total. The number of nitrogens with one attached hydrogen (secondary N) is 2. The number of hydrogen-bond acceptors (Lipinski definition) is 4. The highest BCUT2D eigenvalue weighted by molar-refractivity contribution is 5.76. The first-order valence-electron chi connectivity index (χ1n) is 8.52. The molecule has 2 aliphatic heterocycles. The largest absolute Gasteiger partial charge is 0.370 e. The minimum absolute atomic E-state index is 0.463. The third-order valence-corrected chi connectivity index (χ3v) is 5.26. The van der Waals surface area contributed by atoms with Crippen LogP contribution < -0.4 is 15.5 Å². The Kier molecular flexibility index (Phi) is 3.66. The molecule has 0 amide bonds. The van der Waals surface area contributed by atoms with E-state index in [2.05, 4.69) is 59.8 Å². The van der Waals surface area contributed by atoms with Gasteiger partial charge < -0.3 is 15.5 Å². The van der Waals surface area contributed by atoms with Crippen molar-refractivity contribution in [2.75, 3.05) is 30.4 Å². The molecule has 0 saturated carbocycles. The van der Waals surface area contributed by atoms with Crippen molar-refractivity contribution in [3.63, 3.8) is 0 Å². The van der Waals surface area contributed by atoms with Crippen LogP contribution in [0.5, 0.6) is 0 Å². The monoisotopic (exact) mass is 318 g/mol. The lowest BCUT2D eigenvalue weighted by molar-refractivity contribution is 0.413. The molecule has 0 bridgehead atoms. The van der Waals surface area contributed by atoms with Gasteiger partial charge in [-0.25, -0.2) is 0 Å². The summed E-state index contributed by atoms with van der Waals surface area (Å²) in [7, 11) is 2.13. The molecule has 1 fully saturated rings. The number of hydrogen-bond donors (Lipinski definition) is 2. The maximum Gasteiger partial charge on any atom is 0.101 e. The Morgan fingerprint density at radius 1 is 1.25 bits per heavy atom. The number of anilines is 3. The van der Waals surface area contributed by atoms with E-state index < -0.39 is 0 Å². The highest BCUT2D eigenvalue weighted by atomic mass is 15.2. The Labute approximate surface area is 143 Å². The van der Waals surface area contributed by atoms with Crippen LogP contribution in [-0.4, -0.2) is 26.2 Å². The molecule has 0 aromatic heterocycles. The number of piperidine rings is 1. The first-order valence-corrected chi connectivity index (χ1v) is 8.52. The van der Waals surface area contributed by atoms with Crippen LogP contribution in [0.15, 0.2) is 36.4 Å². The van der Waals surface area contributed by atoms with Gasteiger partial charge in [0.1, 0.15) is 6.07 Å². The highest BCUT2D eigenvalue weighted by Crippen LogP contribution is 2.45. The highest BCUT2D eigenvalue weighted by Gasteiger charge is 2.39. The van der Waals surface area contributed by atoms with Gasteiger partial charge in [0.2, 0.25) is 0 Å². The van der Waals surface area contributed by atoms with Crippen molar-refractivity contribution in [1.29, 1.82) is 5.26 Å². The minimum Gasteiger partial charge on any atom is -0.370 e. The van der Waals surface area contributed by atoms with Gasteiger partial charge in [0.05, 0.1) is 11.3 Å². The number of benzene rings is 2. The molecule has 0 unspecified atom stereocenters. The fourth-order valence-electron chi connectivity index (χ4n) is 4.17. The Bertz CT molecular complexity index is 821. The molecule has 2 aromatic rings. The Morgan fingerprint density at radius 2 is 2.12 bits per heavy atom. The Morgan fingerprint density at radius 3 is 2.92 bits per heavy atom. The molecule has 2 aromatic carbocycles. The molecule has 24 heavy (non-hydrogen) atoms. The van der Waals surface area contributed by atoms with E-state index in [4.69, 9.17) is 0 Å². The molecule has 2 N–H and O–H groups in total. The molecule has 0 radical (unpaired) electrons. The van der Waals surface area contributed by atoms with Crippen molar-refractivity contribution < 1.29 is 0 Å². The van der Waals surface area contributed by atoms with E-state index in [0.29, 0.717) is 12.0 Å². The molecule has 2 atom stereocenters. The molecule has 4 rings (SSSR count). The Balaban J connectivity index is 1.75. The molecular weight excluding hydrogens is 296 g/mol. The third kappa shape index (κ3) is 2.42. The summed E-state index contributed by atoms with van der Waals surface area (Å²) < 4.78 is 0. The van der Waals surface area contributed by atoms with Crippen LogP contribution in [0.2, 0.25) is 0 Å². The quantitative estimate of drug-likeness (QED) is 0.890. The fourth-order valence-corrected chi connectivity index (χ4v) is 4.17. The molecule has 122 valence electrons. The van der Waals surface area contributed by atoms with Crippen molar-refractivity contribution in [3.8, 4) is 6.07 Å². The zero-order valence-corrected chi connectivity index (χ0v) is 14.1. The number of nitrogens with zero attached hydrogens (tertiary/aromatic N) is 2. The van der Waals surface area contributed by atoms with E-state index in [1.807, 2.05) is 12.1 Å². The zero-order chi connectivity index (χ0) is 16.7. The lowest BCUT2D eigenvalue weighted by Crippen LogP contribution is -2.42. The van der Waals surface area contributed by atoms with Crippen LogP contribution in [0.4, 0.5) is 17.1 Å². The van der Waals surface area contributed by atoms with Gasteiger partial charge in [-0.2, -0.15) is 5.26 Å². The van der Waals surface area contributed by atoms with E-state index >= 15 is 0 Å². The average Bonchev–Trinajstić information content (AvgIpc) is 2.88. The summed E-state index contributed by atoms with van der Waals surface area (Å²) in [5.74, 6) is 0.463. The van der Waals surface area contributed by atoms with Gasteiger partial charge >= 0.3 is 0 Å². The van der Waals surface area contributed by atoms with Crippen molar-refractivity contribution >= 4 is 17.1 Å². The normalized spacial score (nSPS) is 21.8. The second-order valence-corrected chi connectivity index (χ2v) is 6.85. The minimum atomic E-state index is 0.463. The van der Waals surface area contributed by atoms with E-state index in [1.54, 1.807) is 0 Å². The molecule has 0 spiro atoms. The van der Waals surface area contributed by atoms with Crippen LogP contribution in [0.25, 0.3) is 0 Å². The summed E-state index contributed by atoms with van der Waals surface area (Å²) in [4.78, 5) is 2.32. The molecule has 2 aliphatic rings. The van der Waals surface area contributed by atoms with Crippen LogP contribution in [0.1, 0.15) is 29.0 Å². The number of fused-ring (bicyclic) bond motifs is 3. The van der Waals surface area contributed by atoms with Crippen LogP contribution in [0.3, 0.4) is 0 Å². The lowest BCUT2D eigenvalue weighted by atomic mass is 9.89. The second-order valence-electron chi connectivity index (χ2n) is 6.85. The number of likely N-dealkylation sites (N-methyl/N-ethyl adjacent to an activating group) is 1. The molecule has 4 heteroatoms. The second kappa shape index (κ2) is 5.85. The molecule has 0 aliphatic carbocycles. The van der Waals surface area contributed by atoms with Gasteiger partial charge in [-0.05, 0) is 55.3 Å². The van der Waals surface area contributed by atoms with Gasteiger partial charge in [-0.15, -0.1) is 0 Å².